The van der Waals surface area contributed by atoms with Gasteiger partial charge < -0.3 is 15.1 Å². The normalized spacial score (nSPS) is 21.0. The first-order valence-electron chi connectivity index (χ1n) is 18.1. The lowest BCUT2D eigenvalue weighted by atomic mass is 9.79. The molecule has 1 atom stereocenters. The number of carbonyl (C=O) groups is 2. The van der Waals surface area contributed by atoms with Crippen LogP contribution >= 0.6 is 0 Å². The third kappa shape index (κ3) is 8.14. The highest BCUT2D eigenvalue weighted by molar-refractivity contribution is 7.89. The van der Waals surface area contributed by atoms with Crippen molar-refractivity contribution in [2.45, 2.75) is 114 Å². The van der Waals surface area contributed by atoms with Gasteiger partial charge in [0, 0.05) is 44.0 Å². The van der Waals surface area contributed by atoms with Crippen molar-refractivity contribution in [2.75, 3.05) is 46.8 Å². The second-order valence-electron chi connectivity index (χ2n) is 14.5. The smallest absolute Gasteiger partial charge is 0.246 e. The molecule has 2 aliphatic heterocycles. The maximum absolute atomic E-state index is 13.9. The molecule has 2 N–H and O–H groups in total. The fourth-order valence-electron chi connectivity index (χ4n) is 7.84. The number of likely N-dealkylation sites (tertiary alicyclic amines) is 1. The molecule has 0 bridgehead atoms. The van der Waals surface area contributed by atoms with Crippen molar-refractivity contribution in [3.8, 4) is 5.69 Å². The Morgan fingerprint density at radius 2 is 1.71 bits per heavy atom. The number of rotatable bonds is 14. The molecule has 11 nitrogen and oxygen atoms in total. The molecule has 3 heterocycles. The van der Waals surface area contributed by atoms with Crippen LogP contribution in [0.4, 0.5) is 0 Å². The Bertz CT molecular complexity index is 1510. The molecule has 3 aliphatic rings. The largest absolute Gasteiger partial charge is 0.342 e. The van der Waals surface area contributed by atoms with Crippen LogP contribution < -0.4 is 10.0 Å². The average Bonchev–Trinajstić information content (AvgIpc) is 3.35. The van der Waals surface area contributed by atoms with Crippen molar-refractivity contribution < 1.29 is 18.0 Å². The van der Waals surface area contributed by atoms with Gasteiger partial charge in [-0.25, -0.2) is 17.8 Å². The highest BCUT2D eigenvalue weighted by Crippen LogP contribution is 2.36. The summed E-state index contributed by atoms with van der Waals surface area (Å²) in [4.78, 5) is 34.4. The van der Waals surface area contributed by atoms with E-state index in [1.807, 2.05) is 42.4 Å². The molecular formula is C36H57N7O4S. The summed E-state index contributed by atoms with van der Waals surface area (Å²) in [5.74, 6) is 0.678. The lowest BCUT2D eigenvalue weighted by Gasteiger charge is -2.52. The molecule has 266 valence electrons. The third-order valence-corrected chi connectivity index (χ3v) is 12.3. The lowest BCUT2D eigenvalue weighted by Crippen LogP contribution is -2.73. The van der Waals surface area contributed by atoms with Gasteiger partial charge in [0.2, 0.25) is 21.8 Å². The standard InChI is InChI=1S/C36H57N7O4S/c1-6-7-22-42-34(44)33(25-29-12-9-8-10-13-29)38-35(45)36(42)18-23-41(24-19-36)26-32-27(2)39-43(28(32)3)30-14-16-31(17-15-30)48(46,47)37-20-11-21-40(4)5/h14-17,29,33,37H,6-13,18-26H2,1-5H3,(H,38,45). The number of hydrogen-bond acceptors (Lipinski definition) is 7. The number of piperidine rings is 1. The van der Waals surface area contributed by atoms with Gasteiger partial charge in [0.05, 0.1) is 16.3 Å². The fourth-order valence-corrected chi connectivity index (χ4v) is 8.91. The second-order valence-corrected chi connectivity index (χ2v) is 16.3. The van der Waals surface area contributed by atoms with Crippen LogP contribution in [0.5, 0.6) is 0 Å². The summed E-state index contributed by atoms with van der Waals surface area (Å²) in [6.45, 7) is 10.2. The molecule has 1 aromatic carbocycles. The minimum absolute atomic E-state index is 0.0352. The van der Waals surface area contributed by atoms with Crippen molar-refractivity contribution in [1.29, 1.82) is 0 Å². The van der Waals surface area contributed by atoms with Crippen LogP contribution in [0.3, 0.4) is 0 Å². The number of benzene rings is 1. The van der Waals surface area contributed by atoms with Gasteiger partial charge in [0.25, 0.3) is 0 Å². The van der Waals surface area contributed by atoms with Gasteiger partial charge in [-0.2, -0.15) is 5.10 Å². The van der Waals surface area contributed by atoms with E-state index in [1.165, 1.54) is 19.3 Å². The Balaban J connectivity index is 1.23. The topological polar surface area (TPSA) is 120 Å². The van der Waals surface area contributed by atoms with Crippen LogP contribution in [-0.4, -0.2) is 103 Å². The highest BCUT2D eigenvalue weighted by atomic mass is 32.2. The zero-order chi connectivity index (χ0) is 34.5. The van der Waals surface area contributed by atoms with Gasteiger partial charge in [-0.3, -0.25) is 14.5 Å². The molecular weight excluding hydrogens is 627 g/mol. The molecule has 12 heteroatoms. The van der Waals surface area contributed by atoms with Gasteiger partial charge in [-0.1, -0.05) is 45.4 Å². The van der Waals surface area contributed by atoms with E-state index in [9.17, 15) is 18.0 Å². The van der Waals surface area contributed by atoms with Crippen molar-refractivity contribution in [2.24, 2.45) is 5.92 Å². The quantitative estimate of drug-likeness (QED) is 0.287. The summed E-state index contributed by atoms with van der Waals surface area (Å²) in [5.41, 5.74) is 3.09. The summed E-state index contributed by atoms with van der Waals surface area (Å²) >= 11 is 0. The molecule has 2 amide bonds. The Morgan fingerprint density at radius 1 is 1.02 bits per heavy atom. The van der Waals surface area contributed by atoms with E-state index in [1.54, 1.807) is 24.3 Å². The minimum Gasteiger partial charge on any atom is -0.342 e. The maximum atomic E-state index is 13.9. The number of aryl methyl sites for hydroxylation is 1. The average molecular weight is 684 g/mol. The zero-order valence-electron chi connectivity index (χ0n) is 29.8. The monoisotopic (exact) mass is 683 g/mol. The van der Waals surface area contributed by atoms with Crippen LogP contribution in [-0.2, 0) is 26.2 Å². The first-order valence-corrected chi connectivity index (χ1v) is 19.6. The number of aromatic nitrogens is 2. The number of nitrogens with one attached hydrogen (secondary N) is 2. The second kappa shape index (κ2) is 15.8. The molecule has 2 saturated heterocycles. The Hall–Kier alpha value is -2.80. The van der Waals surface area contributed by atoms with Crippen molar-refractivity contribution in [1.82, 2.24) is 34.5 Å². The number of piperazine rings is 1. The van der Waals surface area contributed by atoms with E-state index in [0.717, 1.165) is 80.8 Å². The summed E-state index contributed by atoms with van der Waals surface area (Å²) in [7, 11) is 0.346. The molecule has 1 unspecified atom stereocenters. The number of carbonyl (C=O) groups excluding carboxylic acids is 2. The van der Waals surface area contributed by atoms with Gasteiger partial charge in [0.15, 0.2) is 0 Å². The van der Waals surface area contributed by atoms with Crippen molar-refractivity contribution >= 4 is 21.8 Å². The van der Waals surface area contributed by atoms with Gasteiger partial charge in [0.1, 0.15) is 11.6 Å². The molecule has 1 spiro atoms. The van der Waals surface area contributed by atoms with E-state index < -0.39 is 21.6 Å². The maximum Gasteiger partial charge on any atom is 0.246 e. The van der Waals surface area contributed by atoms with E-state index >= 15 is 0 Å². The third-order valence-electron chi connectivity index (χ3n) is 10.8. The minimum atomic E-state index is -3.59. The molecule has 1 saturated carbocycles. The first kappa shape index (κ1) is 36.5. The summed E-state index contributed by atoms with van der Waals surface area (Å²) < 4.78 is 30.2. The van der Waals surface area contributed by atoms with Crippen LogP contribution in [0.25, 0.3) is 5.69 Å². The summed E-state index contributed by atoms with van der Waals surface area (Å²) in [6.07, 6.45) is 10.7. The molecule has 48 heavy (non-hydrogen) atoms. The molecule has 0 radical (unpaired) electrons. The van der Waals surface area contributed by atoms with Gasteiger partial charge >= 0.3 is 0 Å². The summed E-state index contributed by atoms with van der Waals surface area (Å²) in [5, 5.41) is 8.03. The SMILES string of the molecule is CCCCN1C(=O)C(CC2CCCCC2)NC(=O)C12CCN(Cc1c(C)nn(-c3ccc(S(=O)(=O)NCCCN(C)C)cc3)c1C)CC2. The van der Waals surface area contributed by atoms with Crippen LogP contribution in [0.1, 0.15) is 94.5 Å². The Kier molecular flexibility index (Phi) is 12.0. The van der Waals surface area contributed by atoms with Gasteiger partial charge in [-0.15, -0.1) is 0 Å². The predicted molar refractivity (Wildman–Crippen MR) is 188 cm³/mol. The Labute approximate surface area is 287 Å². The molecule has 3 fully saturated rings. The fraction of sp³-hybridized carbons (Fsp3) is 0.694. The Morgan fingerprint density at radius 3 is 2.35 bits per heavy atom. The lowest BCUT2D eigenvalue weighted by molar-refractivity contribution is -0.162. The number of amides is 2. The summed E-state index contributed by atoms with van der Waals surface area (Å²) in [6, 6.07) is 6.46. The number of nitrogens with zero attached hydrogens (tertiary/aromatic N) is 5. The van der Waals surface area contributed by atoms with E-state index in [0.29, 0.717) is 38.4 Å². The number of unbranched alkanes of at least 4 members (excludes halogenated alkanes) is 1. The van der Waals surface area contributed by atoms with Gasteiger partial charge in [-0.05, 0) is 96.8 Å². The molecule has 1 aromatic heterocycles. The van der Waals surface area contributed by atoms with Crippen LogP contribution in [0, 0.1) is 19.8 Å². The van der Waals surface area contributed by atoms with Crippen molar-refractivity contribution in [3.63, 3.8) is 0 Å². The highest BCUT2D eigenvalue weighted by Gasteiger charge is 2.53. The predicted octanol–water partition coefficient (Wildman–Crippen LogP) is 4.15. The van der Waals surface area contributed by atoms with E-state index in [2.05, 4.69) is 21.9 Å². The zero-order valence-corrected chi connectivity index (χ0v) is 30.6. The first-order chi connectivity index (χ1) is 22.9. The van der Waals surface area contributed by atoms with E-state index in [4.69, 9.17) is 5.10 Å². The molecule has 5 rings (SSSR count). The van der Waals surface area contributed by atoms with Crippen LogP contribution in [0.15, 0.2) is 29.2 Å². The van der Waals surface area contributed by atoms with Crippen LogP contribution in [0.2, 0.25) is 0 Å². The van der Waals surface area contributed by atoms with Crippen molar-refractivity contribution in [3.05, 3.63) is 41.2 Å². The number of sulfonamides is 1. The number of hydrogen-bond donors (Lipinski definition) is 2. The van der Waals surface area contributed by atoms with E-state index in [-0.39, 0.29) is 16.7 Å². The molecule has 2 aromatic rings. The molecule has 1 aliphatic carbocycles.